The van der Waals surface area contributed by atoms with Crippen LogP contribution in [-0.4, -0.2) is 27.5 Å². The van der Waals surface area contributed by atoms with Gasteiger partial charge in [0.15, 0.2) is 6.23 Å². The van der Waals surface area contributed by atoms with Crippen LogP contribution in [0.3, 0.4) is 0 Å². The van der Waals surface area contributed by atoms with Crippen LogP contribution in [0.2, 0.25) is 0 Å². The smallest absolute Gasteiger partial charge is 0.252 e. The second-order valence-corrected chi connectivity index (χ2v) is 5.30. The summed E-state index contributed by atoms with van der Waals surface area (Å²) < 4.78 is 0. The van der Waals surface area contributed by atoms with Crippen LogP contribution in [0.1, 0.15) is 34.6 Å². The summed E-state index contributed by atoms with van der Waals surface area (Å²) in [6, 6.07) is 0. The van der Waals surface area contributed by atoms with Gasteiger partial charge >= 0.3 is 0 Å². The van der Waals surface area contributed by atoms with Crippen molar-refractivity contribution in [1.29, 1.82) is 0 Å². The van der Waals surface area contributed by atoms with E-state index in [9.17, 15) is 15.1 Å². The maximum Gasteiger partial charge on any atom is 0.252 e. The van der Waals surface area contributed by atoms with Crippen molar-refractivity contribution in [2.24, 2.45) is 23.2 Å². The summed E-state index contributed by atoms with van der Waals surface area (Å²) in [4.78, 5) is 11.8. The Bertz CT molecular complexity index is 265. The lowest BCUT2D eigenvalue weighted by molar-refractivity contribution is -0.207. The Labute approximate surface area is 90.8 Å². The zero-order chi connectivity index (χ0) is 12.0. The van der Waals surface area contributed by atoms with Crippen LogP contribution in [-0.2, 0) is 4.79 Å². The van der Waals surface area contributed by atoms with Crippen molar-refractivity contribution in [1.82, 2.24) is 5.06 Å². The van der Waals surface area contributed by atoms with Gasteiger partial charge in [-0.1, -0.05) is 34.6 Å². The molecule has 0 saturated carbocycles. The molecule has 0 aromatic carbocycles. The second-order valence-electron chi connectivity index (χ2n) is 5.30. The largest absolute Gasteiger partial charge is 0.371 e. The first-order valence-corrected chi connectivity index (χ1v) is 5.44. The van der Waals surface area contributed by atoms with E-state index in [0.29, 0.717) is 5.06 Å². The fraction of sp³-hybridized carbons (Fsp3) is 0.909. The molecule has 0 aromatic heterocycles. The van der Waals surface area contributed by atoms with Gasteiger partial charge < -0.3 is 5.11 Å². The average molecular weight is 215 g/mol. The van der Waals surface area contributed by atoms with Crippen molar-refractivity contribution in [3.8, 4) is 0 Å². The number of hydrogen-bond donors (Lipinski definition) is 2. The highest BCUT2D eigenvalue weighted by molar-refractivity contribution is 5.81. The molecular formula is C11H21NO3. The van der Waals surface area contributed by atoms with Crippen LogP contribution >= 0.6 is 0 Å². The number of carbonyl (C=O) groups excluding carboxylic acids is 1. The number of aliphatic hydroxyl groups excluding tert-OH is 1. The summed E-state index contributed by atoms with van der Waals surface area (Å²) in [6.45, 7) is 9.67. The normalized spacial score (nSPS) is 37.1. The number of aliphatic hydroxyl groups is 1. The quantitative estimate of drug-likeness (QED) is 0.686. The van der Waals surface area contributed by atoms with Gasteiger partial charge in [0.1, 0.15) is 0 Å². The van der Waals surface area contributed by atoms with Gasteiger partial charge in [-0.15, -0.1) is 0 Å². The third-order valence-electron chi connectivity index (χ3n) is 3.86. The summed E-state index contributed by atoms with van der Waals surface area (Å²) in [7, 11) is 0. The predicted octanol–water partition coefficient (Wildman–Crippen LogP) is 1.47. The lowest BCUT2D eigenvalue weighted by Crippen LogP contribution is -2.42. The van der Waals surface area contributed by atoms with Gasteiger partial charge in [-0.25, -0.2) is 0 Å². The molecule has 1 aliphatic heterocycles. The highest BCUT2D eigenvalue weighted by atomic mass is 16.6. The molecule has 15 heavy (non-hydrogen) atoms. The first-order chi connectivity index (χ1) is 6.74. The van der Waals surface area contributed by atoms with E-state index in [-0.39, 0.29) is 23.7 Å². The van der Waals surface area contributed by atoms with Gasteiger partial charge in [0.05, 0.1) is 5.92 Å². The Morgan fingerprint density at radius 2 is 1.80 bits per heavy atom. The lowest BCUT2D eigenvalue weighted by atomic mass is 9.66. The molecule has 0 radical (unpaired) electrons. The molecule has 4 heteroatoms. The van der Waals surface area contributed by atoms with Gasteiger partial charge in [-0.2, -0.15) is 5.06 Å². The fourth-order valence-corrected chi connectivity index (χ4v) is 2.61. The minimum atomic E-state index is -1.10. The van der Waals surface area contributed by atoms with Crippen molar-refractivity contribution in [2.75, 3.05) is 0 Å². The SMILES string of the molecule is CC(C)C1C(=O)N(O)C(O)C1(C)C(C)C. The molecule has 1 aliphatic rings. The highest BCUT2D eigenvalue weighted by Gasteiger charge is 2.58. The van der Waals surface area contributed by atoms with E-state index in [1.54, 1.807) is 0 Å². The molecule has 1 heterocycles. The standard InChI is InChI=1S/C11H21NO3/c1-6(2)8-9(13)12(15)10(14)11(8,5)7(3)4/h6-8,10,14-15H,1-5H3. The first-order valence-electron chi connectivity index (χ1n) is 5.44. The first kappa shape index (κ1) is 12.5. The van der Waals surface area contributed by atoms with Gasteiger partial charge in [-0.05, 0) is 11.8 Å². The molecule has 3 unspecified atom stereocenters. The molecule has 3 atom stereocenters. The monoisotopic (exact) mass is 215 g/mol. The summed E-state index contributed by atoms with van der Waals surface area (Å²) >= 11 is 0. The number of carbonyl (C=O) groups is 1. The Balaban J connectivity index is 3.17. The number of hydrogen-bond acceptors (Lipinski definition) is 3. The maximum atomic E-state index is 11.8. The van der Waals surface area contributed by atoms with Gasteiger partial charge in [0, 0.05) is 5.41 Å². The highest BCUT2D eigenvalue weighted by Crippen LogP contribution is 2.49. The molecule has 0 bridgehead atoms. The maximum absolute atomic E-state index is 11.8. The molecule has 0 spiro atoms. The van der Waals surface area contributed by atoms with Crippen LogP contribution in [0.25, 0.3) is 0 Å². The zero-order valence-corrected chi connectivity index (χ0v) is 10.1. The molecule has 0 aromatic rings. The molecule has 1 fully saturated rings. The fourth-order valence-electron chi connectivity index (χ4n) is 2.61. The van der Waals surface area contributed by atoms with Crippen LogP contribution in [0, 0.1) is 23.2 Å². The summed E-state index contributed by atoms with van der Waals surface area (Å²) in [5.74, 6) is -0.455. The van der Waals surface area contributed by atoms with Crippen LogP contribution in [0.15, 0.2) is 0 Å². The van der Waals surface area contributed by atoms with E-state index in [2.05, 4.69) is 0 Å². The number of hydroxylamine groups is 2. The summed E-state index contributed by atoms with van der Waals surface area (Å²) in [5.41, 5.74) is -0.583. The summed E-state index contributed by atoms with van der Waals surface area (Å²) in [5, 5.41) is 19.9. The van der Waals surface area contributed by atoms with E-state index in [1.165, 1.54) is 0 Å². The average Bonchev–Trinajstić information content (AvgIpc) is 2.29. The third-order valence-corrected chi connectivity index (χ3v) is 3.86. The van der Waals surface area contributed by atoms with Crippen LogP contribution in [0.5, 0.6) is 0 Å². The van der Waals surface area contributed by atoms with Crippen molar-refractivity contribution in [3.63, 3.8) is 0 Å². The van der Waals surface area contributed by atoms with E-state index in [0.717, 1.165) is 0 Å². The van der Waals surface area contributed by atoms with E-state index in [1.807, 2.05) is 34.6 Å². The lowest BCUT2D eigenvalue weighted by Gasteiger charge is -2.37. The van der Waals surface area contributed by atoms with Gasteiger partial charge in [0.25, 0.3) is 5.91 Å². The Morgan fingerprint density at radius 1 is 1.33 bits per heavy atom. The molecule has 88 valence electrons. The number of rotatable bonds is 2. The van der Waals surface area contributed by atoms with Crippen LogP contribution < -0.4 is 0 Å². The van der Waals surface area contributed by atoms with E-state index < -0.39 is 11.6 Å². The Kier molecular flexibility index (Phi) is 3.12. The van der Waals surface area contributed by atoms with Gasteiger partial charge in [0.2, 0.25) is 0 Å². The minimum Gasteiger partial charge on any atom is -0.371 e. The molecule has 1 amide bonds. The van der Waals surface area contributed by atoms with Gasteiger partial charge in [-0.3, -0.25) is 10.0 Å². The molecule has 1 saturated heterocycles. The van der Waals surface area contributed by atoms with Crippen molar-refractivity contribution < 1.29 is 15.1 Å². The summed E-state index contributed by atoms with van der Waals surface area (Å²) in [6.07, 6.45) is -1.10. The zero-order valence-electron chi connectivity index (χ0n) is 10.1. The van der Waals surface area contributed by atoms with E-state index in [4.69, 9.17) is 0 Å². The number of amides is 1. The molecule has 0 aliphatic carbocycles. The van der Waals surface area contributed by atoms with E-state index >= 15 is 0 Å². The van der Waals surface area contributed by atoms with Crippen LogP contribution in [0.4, 0.5) is 0 Å². The van der Waals surface area contributed by atoms with Crippen molar-refractivity contribution >= 4 is 5.91 Å². The minimum absolute atomic E-state index is 0.108. The molecule has 1 rings (SSSR count). The molecule has 4 nitrogen and oxygen atoms in total. The Morgan fingerprint density at radius 3 is 2.07 bits per heavy atom. The topological polar surface area (TPSA) is 60.8 Å². The molecule has 2 N–H and O–H groups in total. The van der Waals surface area contributed by atoms with Crippen molar-refractivity contribution in [2.45, 2.75) is 40.8 Å². The Hall–Kier alpha value is -0.610. The third kappa shape index (κ3) is 1.56. The molecular weight excluding hydrogens is 194 g/mol. The number of nitrogens with zero attached hydrogens (tertiary/aromatic N) is 1. The predicted molar refractivity (Wildman–Crippen MR) is 55.9 cm³/mol. The van der Waals surface area contributed by atoms with Crippen molar-refractivity contribution in [3.05, 3.63) is 0 Å². The second kappa shape index (κ2) is 3.76.